The van der Waals surface area contributed by atoms with Crippen LogP contribution in [0.3, 0.4) is 0 Å². The van der Waals surface area contributed by atoms with Crippen molar-refractivity contribution < 1.29 is 34.6 Å². The standard InChI is InChI=1S/C25H52O7/c1-2-3-4-5-6-7-8-9-10-11-12-13-14-15-16-30-21-24(18-27)32-22-25(19-28)31-20-23(29)17-26/h23-29H,2-22H2,1H3. The number of rotatable bonds is 26. The van der Waals surface area contributed by atoms with Crippen molar-refractivity contribution in [1.82, 2.24) is 0 Å². The number of aliphatic hydroxyl groups is 4. The lowest BCUT2D eigenvalue weighted by molar-refractivity contribution is -0.109. The van der Waals surface area contributed by atoms with Crippen LogP contribution in [0.2, 0.25) is 0 Å². The second-order valence-corrected chi connectivity index (χ2v) is 8.78. The average Bonchev–Trinajstić information content (AvgIpc) is 2.82. The Labute approximate surface area is 196 Å². The number of ether oxygens (including phenoxy) is 3. The maximum absolute atomic E-state index is 9.41. The highest BCUT2D eigenvalue weighted by molar-refractivity contribution is 4.61. The highest BCUT2D eigenvalue weighted by Crippen LogP contribution is 2.13. The minimum atomic E-state index is -0.980. The summed E-state index contributed by atoms with van der Waals surface area (Å²) in [7, 11) is 0. The molecular weight excluding hydrogens is 412 g/mol. The summed E-state index contributed by atoms with van der Waals surface area (Å²) in [6, 6.07) is 0. The molecule has 4 N–H and O–H groups in total. The normalized spacial score (nSPS) is 14.5. The van der Waals surface area contributed by atoms with Gasteiger partial charge in [0.25, 0.3) is 0 Å². The molecule has 0 aromatic heterocycles. The van der Waals surface area contributed by atoms with Crippen molar-refractivity contribution in [2.75, 3.05) is 46.2 Å². The second kappa shape index (κ2) is 25.3. The zero-order valence-electron chi connectivity index (χ0n) is 20.6. The summed E-state index contributed by atoms with van der Waals surface area (Å²) in [6.45, 7) is 2.39. The van der Waals surface area contributed by atoms with E-state index < -0.39 is 24.9 Å². The van der Waals surface area contributed by atoms with E-state index in [1.165, 1.54) is 77.0 Å². The molecule has 0 radical (unpaired) electrons. The number of hydrogen-bond donors (Lipinski definition) is 4. The van der Waals surface area contributed by atoms with E-state index >= 15 is 0 Å². The Hall–Kier alpha value is -0.280. The number of hydrogen-bond acceptors (Lipinski definition) is 7. The van der Waals surface area contributed by atoms with Gasteiger partial charge in [-0.25, -0.2) is 0 Å². The first kappa shape index (κ1) is 31.7. The molecular formula is C25H52O7. The van der Waals surface area contributed by atoms with Crippen molar-refractivity contribution in [3.8, 4) is 0 Å². The van der Waals surface area contributed by atoms with E-state index in [4.69, 9.17) is 19.3 Å². The zero-order chi connectivity index (χ0) is 23.7. The smallest absolute Gasteiger partial charge is 0.104 e. The maximum atomic E-state index is 9.41. The summed E-state index contributed by atoms with van der Waals surface area (Å²) in [4.78, 5) is 0. The van der Waals surface area contributed by atoms with Crippen molar-refractivity contribution in [2.45, 2.75) is 115 Å². The highest BCUT2D eigenvalue weighted by atomic mass is 16.6. The van der Waals surface area contributed by atoms with E-state index in [0.717, 1.165) is 12.8 Å². The van der Waals surface area contributed by atoms with Gasteiger partial charge in [0.1, 0.15) is 18.3 Å². The molecule has 7 heteroatoms. The van der Waals surface area contributed by atoms with Gasteiger partial charge in [0.15, 0.2) is 0 Å². The van der Waals surface area contributed by atoms with Crippen molar-refractivity contribution in [3.05, 3.63) is 0 Å². The SMILES string of the molecule is CCCCCCCCCCCCCCCCOCC(CO)OCC(CO)OCC(O)CO. The molecule has 0 saturated carbocycles. The van der Waals surface area contributed by atoms with Gasteiger partial charge in [-0.2, -0.15) is 0 Å². The monoisotopic (exact) mass is 464 g/mol. The molecule has 194 valence electrons. The molecule has 0 aliphatic rings. The molecule has 0 rings (SSSR count). The quantitative estimate of drug-likeness (QED) is 0.145. The summed E-state index contributed by atoms with van der Waals surface area (Å²) < 4.78 is 16.4. The zero-order valence-corrected chi connectivity index (χ0v) is 20.6. The maximum Gasteiger partial charge on any atom is 0.104 e. The fourth-order valence-electron chi connectivity index (χ4n) is 3.46. The van der Waals surface area contributed by atoms with Crippen LogP contribution >= 0.6 is 0 Å². The first-order valence-corrected chi connectivity index (χ1v) is 13.0. The number of aliphatic hydroxyl groups excluding tert-OH is 4. The fraction of sp³-hybridized carbons (Fsp3) is 1.00. The predicted octanol–water partition coefficient (Wildman–Crippen LogP) is 3.59. The van der Waals surface area contributed by atoms with Crippen molar-refractivity contribution in [2.24, 2.45) is 0 Å². The molecule has 0 amide bonds. The minimum Gasteiger partial charge on any atom is -0.394 e. The third-order valence-electron chi connectivity index (χ3n) is 5.61. The van der Waals surface area contributed by atoms with Gasteiger partial charge in [-0.15, -0.1) is 0 Å². The largest absolute Gasteiger partial charge is 0.394 e. The van der Waals surface area contributed by atoms with Crippen LogP contribution in [0.1, 0.15) is 96.8 Å². The van der Waals surface area contributed by atoms with Crippen LogP contribution in [0, 0.1) is 0 Å². The Morgan fingerprint density at radius 3 is 1.44 bits per heavy atom. The van der Waals surface area contributed by atoms with Crippen LogP contribution in [-0.2, 0) is 14.2 Å². The van der Waals surface area contributed by atoms with Gasteiger partial charge in [0, 0.05) is 6.61 Å². The lowest BCUT2D eigenvalue weighted by atomic mass is 10.0. The topological polar surface area (TPSA) is 109 Å². The molecule has 0 aromatic rings. The third-order valence-corrected chi connectivity index (χ3v) is 5.61. The Morgan fingerprint density at radius 1 is 0.531 bits per heavy atom. The van der Waals surface area contributed by atoms with Crippen LogP contribution in [0.4, 0.5) is 0 Å². The summed E-state index contributed by atoms with van der Waals surface area (Å²) in [5.74, 6) is 0. The summed E-state index contributed by atoms with van der Waals surface area (Å²) in [5, 5.41) is 36.7. The van der Waals surface area contributed by atoms with Gasteiger partial charge >= 0.3 is 0 Å². The molecule has 0 heterocycles. The Balaban J connectivity index is 3.46. The third kappa shape index (κ3) is 21.6. The van der Waals surface area contributed by atoms with Gasteiger partial charge in [-0.05, 0) is 6.42 Å². The summed E-state index contributed by atoms with van der Waals surface area (Å²) in [5.41, 5.74) is 0. The van der Waals surface area contributed by atoms with E-state index in [-0.39, 0.29) is 26.4 Å². The highest BCUT2D eigenvalue weighted by Gasteiger charge is 2.15. The lowest BCUT2D eigenvalue weighted by Gasteiger charge is -2.21. The molecule has 0 spiro atoms. The lowest BCUT2D eigenvalue weighted by Crippen LogP contribution is -2.33. The van der Waals surface area contributed by atoms with Crippen LogP contribution in [0.15, 0.2) is 0 Å². The predicted molar refractivity (Wildman–Crippen MR) is 128 cm³/mol. The molecule has 0 aliphatic carbocycles. The van der Waals surface area contributed by atoms with Crippen molar-refractivity contribution in [1.29, 1.82) is 0 Å². The van der Waals surface area contributed by atoms with Gasteiger partial charge in [0.2, 0.25) is 0 Å². The Morgan fingerprint density at radius 2 is 0.969 bits per heavy atom. The molecule has 3 atom stereocenters. The molecule has 0 saturated heterocycles. The van der Waals surface area contributed by atoms with Gasteiger partial charge < -0.3 is 34.6 Å². The number of unbranched alkanes of at least 4 members (excludes halogenated alkanes) is 13. The van der Waals surface area contributed by atoms with E-state index in [9.17, 15) is 15.3 Å². The van der Waals surface area contributed by atoms with Crippen LogP contribution < -0.4 is 0 Å². The van der Waals surface area contributed by atoms with Crippen LogP contribution in [-0.4, -0.2) is 85.0 Å². The fourth-order valence-corrected chi connectivity index (χ4v) is 3.46. The van der Waals surface area contributed by atoms with Gasteiger partial charge in [0.05, 0.1) is 39.6 Å². The molecule has 32 heavy (non-hydrogen) atoms. The summed E-state index contributed by atoms with van der Waals surface area (Å²) >= 11 is 0. The molecule has 3 unspecified atom stereocenters. The molecule has 0 aromatic carbocycles. The summed E-state index contributed by atoms with van der Waals surface area (Å²) in [6.07, 6.45) is 16.5. The van der Waals surface area contributed by atoms with Crippen molar-refractivity contribution >= 4 is 0 Å². The average molecular weight is 465 g/mol. The van der Waals surface area contributed by atoms with E-state index in [1.807, 2.05) is 0 Å². The minimum absolute atomic E-state index is 0.0789. The molecule has 0 bridgehead atoms. The molecule has 0 fully saturated rings. The first-order valence-electron chi connectivity index (χ1n) is 13.0. The second-order valence-electron chi connectivity index (χ2n) is 8.78. The molecule has 0 aliphatic heterocycles. The van der Waals surface area contributed by atoms with E-state index in [1.54, 1.807) is 0 Å². The van der Waals surface area contributed by atoms with Crippen LogP contribution in [0.25, 0.3) is 0 Å². The Kier molecular flexibility index (Phi) is 25.1. The molecule has 7 nitrogen and oxygen atoms in total. The van der Waals surface area contributed by atoms with Gasteiger partial charge in [-0.1, -0.05) is 90.4 Å². The van der Waals surface area contributed by atoms with E-state index in [0.29, 0.717) is 13.2 Å². The van der Waals surface area contributed by atoms with Crippen molar-refractivity contribution in [3.63, 3.8) is 0 Å². The first-order chi connectivity index (χ1) is 15.7. The van der Waals surface area contributed by atoms with E-state index in [2.05, 4.69) is 6.92 Å². The van der Waals surface area contributed by atoms with Gasteiger partial charge in [-0.3, -0.25) is 0 Å². The Bertz CT molecular complexity index is 357. The van der Waals surface area contributed by atoms with Crippen LogP contribution in [0.5, 0.6) is 0 Å².